The summed E-state index contributed by atoms with van der Waals surface area (Å²) in [6, 6.07) is 25.4. The van der Waals surface area contributed by atoms with E-state index in [0.717, 1.165) is 33.8 Å². The number of aliphatic hydroxyl groups excluding tert-OH is 1. The fraction of sp³-hybridized carbons (Fsp3) is 0.0909. The van der Waals surface area contributed by atoms with Crippen LogP contribution in [0.4, 0.5) is 8.78 Å². The smallest absolute Gasteiger partial charge is 0.262 e. The average Bonchev–Trinajstić information content (AvgIpc) is 3.46. The number of nitrogens with one attached hydrogen (secondary N) is 1. The van der Waals surface area contributed by atoms with Crippen LogP contribution >= 0.6 is 0 Å². The molecule has 1 saturated heterocycles. The van der Waals surface area contributed by atoms with Crippen LogP contribution in [-0.4, -0.2) is 32.7 Å². The van der Waals surface area contributed by atoms with Crippen LogP contribution in [0.3, 0.4) is 0 Å². The Balaban J connectivity index is 1.38. The number of carbonyl (C=O) groups excluding carboxylic acids is 2. The maximum Gasteiger partial charge on any atom is 0.262 e. The Bertz CT molecular complexity index is 1840. The summed E-state index contributed by atoms with van der Waals surface area (Å²) in [5.74, 6) is -2.63. The number of carbonyl (C=O) groups is 2. The van der Waals surface area contributed by atoms with Gasteiger partial charge < -0.3 is 15.0 Å². The number of benzene rings is 4. The van der Waals surface area contributed by atoms with Crippen LogP contribution in [0.1, 0.15) is 28.4 Å². The molecule has 3 heterocycles. The molecule has 0 saturated carbocycles. The normalized spacial score (nSPS) is 19.6. The Labute approximate surface area is 228 Å². The summed E-state index contributed by atoms with van der Waals surface area (Å²) in [7, 11) is 0. The summed E-state index contributed by atoms with van der Waals surface area (Å²) in [5.41, 5.74) is 4.53. The number of fused-ring (bicyclic) bond motifs is 4. The monoisotopic (exact) mass is 532 g/mol. The molecular formula is C33H22F2N2O3. The van der Waals surface area contributed by atoms with E-state index in [1.54, 1.807) is 59.5 Å². The minimum atomic E-state index is -0.790. The van der Waals surface area contributed by atoms with Gasteiger partial charge in [0, 0.05) is 34.6 Å². The Morgan fingerprint density at radius 2 is 1.50 bits per heavy atom. The summed E-state index contributed by atoms with van der Waals surface area (Å²) in [6.07, 6.45) is 0.312. The zero-order valence-corrected chi connectivity index (χ0v) is 21.1. The van der Waals surface area contributed by atoms with E-state index in [2.05, 4.69) is 4.98 Å². The maximum absolute atomic E-state index is 13.9. The highest BCUT2D eigenvalue weighted by Gasteiger charge is 2.52. The minimum absolute atomic E-state index is 0.220. The predicted molar refractivity (Wildman–Crippen MR) is 147 cm³/mol. The zero-order chi connectivity index (χ0) is 27.5. The lowest BCUT2D eigenvalue weighted by molar-refractivity contribution is -0.129. The van der Waals surface area contributed by atoms with Gasteiger partial charge in [-0.2, -0.15) is 0 Å². The molecule has 7 heteroatoms. The van der Waals surface area contributed by atoms with E-state index in [1.807, 2.05) is 24.3 Å². The number of H-pyrrole nitrogens is 1. The number of hydrogen-bond donors (Lipinski definition) is 2. The van der Waals surface area contributed by atoms with E-state index in [-0.39, 0.29) is 11.3 Å². The van der Waals surface area contributed by atoms with Crippen molar-refractivity contribution in [1.82, 2.24) is 9.88 Å². The van der Waals surface area contributed by atoms with Gasteiger partial charge in [0.15, 0.2) is 5.78 Å². The van der Waals surface area contributed by atoms with Crippen LogP contribution in [0.5, 0.6) is 0 Å². The van der Waals surface area contributed by atoms with Gasteiger partial charge in [-0.3, -0.25) is 9.59 Å². The molecule has 1 fully saturated rings. The number of para-hydroxylation sites is 1. The summed E-state index contributed by atoms with van der Waals surface area (Å²) in [6.45, 7) is 0. The van der Waals surface area contributed by atoms with Crippen molar-refractivity contribution < 1.29 is 23.5 Å². The summed E-state index contributed by atoms with van der Waals surface area (Å²) < 4.78 is 27.7. The molecule has 7 rings (SSSR count). The molecule has 2 aliphatic rings. The molecule has 2 aliphatic heterocycles. The molecule has 196 valence electrons. The topological polar surface area (TPSA) is 73.4 Å². The molecule has 0 radical (unpaired) electrons. The van der Waals surface area contributed by atoms with Gasteiger partial charge >= 0.3 is 0 Å². The number of hydrogen-bond acceptors (Lipinski definition) is 3. The molecule has 5 aromatic rings. The largest absolute Gasteiger partial charge is 0.506 e. The highest BCUT2D eigenvalue weighted by atomic mass is 19.1. The number of Topliss-reactive ketones (excluding diaryl/α,β-unsaturated/α-hetero) is 1. The van der Waals surface area contributed by atoms with Crippen molar-refractivity contribution in [3.05, 3.63) is 137 Å². The van der Waals surface area contributed by atoms with Crippen LogP contribution in [-0.2, 0) is 16.0 Å². The third-order valence-electron chi connectivity index (χ3n) is 7.84. The highest BCUT2D eigenvalue weighted by Crippen LogP contribution is 2.45. The first-order valence-electron chi connectivity index (χ1n) is 12.9. The molecule has 2 N–H and O–H groups in total. The Kier molecular flexibility index (Phi) is 5.42. The predicted octanol–water partition coefficient (Wildman–Crippen LogP) is 6.51. The molecule has 1 aromatic heterocycles. The van der Waals surface area contributed by atoms with Gasteiger partial charge in [-0.1, -0.05) is 72.8 Å². The molecule has 5 nitrogen and oxygen atoms in total. The van der Waals surface area contributed by atoms with Gasteiger partial charge in [-0.15, -0.1) is 0 Å². The first-order chi connectivity index (χ1) is 19.4. The van der Waals surface area contributed by atoms with Crippen molar-refractivity contribution in [3.8, 4) is 11.1 Å². The molecule has 0 unspecified atom stereocenters. The number of rotatable bonds is 3. The number of ketones is 1. The number of aromatic amines is 1. The van der Waals surface area contributed by atoms with E-state index < -0.39 is 35.4 Å². The van der Waals surface area contributed by atoms with Gasteiger partial charge in [0.25, 0.3) is 5.91 Å². The van der Waals surface area contributed by atoms with E-state index in [4.69, 9.17) is 0 Å². The van der Waals surface area contributed by atoms with Gasteiger partial charge in [0.05, 0.1) is 6.04 Å². The SMILES string of the molecule is O=C1/C(=C(/O)c2ccccc2)C(=O)N2[C@H](c3ccc(-c4cc(F)cc(F)c4)cc3)c3[nH]c4ccccc4c3C[C@@H]12. The van der Waals surface area contributed by atoms with Crippen molar-refractivity contribution in [2.75, 3.05) is 0 Å². The van der Waals surface area contributed by atoms with Crippen LogP contribution in [0.15, 0.2) is 103 Å². The molecule has 0 bridgehead atoms. The summed E-state index contributed by atoms with van der Waals surface area (Å²) in [5, 5.41) is 12.0. The lowest BCUT2D eigenvalue weighted by Crippen LogP contribution is -2.44. The zero-order valence-electron chi connectivity index (χ0n) is 21.1. The van der Waals surface area contributed by atoms with Crippen molar-refractivity contribution in [1.29, 1.82) is 0 Å². The molecule has 0 spiro atoms. The number of halogens is 2. The van der Waals surface area contributed by atoms with Crippen molar-refractivity contribution in [3.63, 3.8) is 0 Å². The molecule has 2 atom stereocenters. The quantitative estimate of drug-likeness (QED) is 0.158. The Morgan fingerprint density at radius 1 is 0.825 bits per heavy atom. The molecule has 4 aromatic carbocycles. The molecule has 1 amide bonds. The lowest BCUT2D eigenvalue weighted by Gasteiger charge is -2.37. The van der Waals surface area contributed by atoms with Crippen molar-refractivity contribution in [2.45, 2.75) is 18.5 Å². The molecule has 0 aliphatic carbocycles. The fourth-order valence-corrected chi connectivity index (χ4v) is 6.03. The minimum Gasteiger partial charge on any atom is -0.506 e. The van der Waals surface area contributed by atoms with Crippen LogP contribution in [0, 0.1) is 11.6 Å². The Hall–Kier alpha value is -5.04. The standard InChI is InChI=1S/C33H22F2N2O3/c34-22-14-21(15-23(35)16-22)18-10-12-19(13-11-18)30-29-25(24-8-4-5-9-26(24)36-29)17-27-32(39)28(33(40)37(27)30)31(38)20-6-2-1-3-7-20/h1-16,27,30,36,38H,17H2/b31-28-/t27-,30+/m0/s1. The number of amides is 1. The van der Waals surface area contributed by atoms with Crippen molar-refractivity contribution >= 4 is 28.4 Å². The van der Waals surface area contributed by atoms with Crippen LogP contribution < -0.4 is 0 Å². The van der Waals surface area contributed by atoms with Crippen LogP contribution in [0.25, 0.3) is 27.8 Å². The van der Waals surface area contributed by atoms with Gasteiger partial charge in [0.1, 0.15) is 29.0 Å². The lowest BCUT2D eigenvalue weighted by atomic mass is 9.88. The second-order valence-electron chi connectivity index (χ2n) is 10.1. The Morgan fingerprint density at radius 3 is 2.23 bits per heavy atom. The van der Waals surface area contributed by atoms with E-state index >= 15 is 0 Å². The fourth-order valence-electron chi connectivity index (χ4n) is 6.03. The van der Waals surface area contributed by atoms with E-state index in [0.29, 0.717) is 23.1 Å². The summed E-state index contributed by atoms with van der Waals surface area (Å²) in [4.78, 5) is 32.7. The van der Waals surface area contributed by atoms with Crippen molar-refractivity contribution in [2.24, 2.45) is 0 Å². The third-order valence-corrected chi connectivity index (χ3v) is 7.84. The first-order valence-corrected chi connectivity index (χ1v) is 12.9. The van der Waals surface area contributed by atoms with Gasteiger partial charge in [0.2, 0.25) is 0 Å². The second kappa shape index (κ2) is 9.02. The van der Waals surface area contributed by atoms with Gasteiger partial charge in [-0.25, -0.2) is 8.78 Å². The summed E-state index contributed by atoms with van der Waals surface area (Å²) >= 11 is 0. The highest BCUT2D eigenvalue weighted by molar-refractivity contribution is 6.30. The molecular weight excluding hydrogens is 510 g/mol. The third kappa shape index (κ3) is 3.66. The van der Waals surface area contributed by atoms with E-state index in [1.165, 1.54) is 12.1 Å². The van der Waals surface area contributed by atoms with Gasteiger partial charge in [-0.05, 0) is 40.5 Å². The number of aromatic nitrogens is 1. The number of nitrogens with zero attached hydrogens (tertiary/aromatic N) is 1. The first kappa shape index (κ1) is 24.0. The maximum atomic E-state index is 13.9. The van der Waals surface area contributed by atoms with E-state index in [9.17, 15) is 23.5 Å². The second-order valence-corrected chi connectivity index (χ2v) is 10.1. The average molecular weight is 533 g/mol. The number of aliphatic hydroxyl groups is 1. The van der Waals surface area contributed by atoms with Crippen LogP contribution in [0.2, 0.25) is 0 Å². The molecule has 40 heavy (non-hydrogen) atoms.